The lowest BCUT2D eigenvalue weighted by Crippen LogP contribution is -2.28. The summed E-state index contributed by atoms with van der Waals surface area (Å²) < 4.78 is 92.8. The molecule has 30 heavy (non-hydrogen) atoms. The van der Waals surface area contributed by atoms with Gasteiger partial charge in [0.2, 0.25) is 0 Å². The smallest absolute Gasteiger partial charge is 0.456 e. The van der Waals surface area contributed by atoms with Crippen LogP contribution < -0.4 is 8.92 Å². The van der Waals surface area contributed by atoms with E-state index in [2.05, 4.69) is 9.17 Å². The number of nitrogens with zero attached hydrogens (tertiary/aromatic N) is 1. The van der Waals surface area contributed by atoms with E-state index in [1.807, 2.05) is 0 Å². The molecule has 0 bridgehead atoms. The van der Waals surface area contributed by atoms with Crippen LogP contribution in [0.3, 0.4) is 0 Å². The molecule has 8 nitrogen and oxygen atoms in total. The van der Waals surface area contributed by atoms with E-state index in [0.717, 1.165) is 30.7 Å². The van der Waals surface area contributed by atoms with Crippen molar-refractivity contribution in [1.82, 2.24) is 4.98 Å². The predicted octanol–water partition coefficient (Wildman–Crippen LogP) is 3.34. The first-order valence-corrected chi connectivity index (χ1v) is 11.4. The van der Waals surface area contributed by atoms with Crippen LogP contribution in [0.25, 0.3) is 0 Å². The van der Waals surface area contributed by atoms with Crippen molar-refractivity contribution < 1.29 is 43.7 Å². The Morgan fingerprint density at radius 1 is 1.00 bits per heavy atom. The highest BCUT2D eigenvalue weighted by molar-refractivity contribution is 7.90. The monoisotopic (exact) mass is 467 g/mol. The largest absolute Gasteiger partial charge is 0.534 e. The summed E-state index contributed by atoms with van der Waals surface area (Å²) in [5.41, 5.74) is -5.81. The molecule has 164 valence electrons. The number of hydrogen-bond donors (Lipinski definition) is 0. The summed E-state index contributed by atoms with van der Waals surface area (Å²) in [6.45, 7) is 3.08. The maximum Gasteiger partial charge on any atom is 0.534 e. The number of hydrogen-bond acceptors (Lipinski definition) is 8. The number of carbonyl (C=O) groups excluding carboxylic acids is 1. The summed E-state index contributed by atoms with van der Waals surface area (Å²) in [4.78, 5) is 15.9. The highest BCUT2D eigenvalue weighted by atomic mass is 32.2. The molecule has 0 fully saturated rings. The summed E-state index contributed by atoms with van der Waals surface area (Å²) >= 11 is 0. The SMILES string of the molecule is CC(C)C(=O)c1cc(Oc2ccc(S(C)(=O)=O)nc2)cc(OS(=O)(=O)C(F)(F)F)c1. The molecule has 0 radical (unpaired) electrons. The van der Waals surface area contributed by atoms with Gasteiger partial charge in [-0.05, 0) is 24.3 Å². The molecule has 0 aliphatic heterocycles. The van der Waals surface area contributed by atoms with Gasteiger partial charge in [0.1, 0.15) is 17.2 Å². The molecule has 13 heteroatoms. The highest BCUT2D eigenvalue weighted by Gasteiger charge is 2.48. The summed E-state index contributed by atoms with van der Waals surface area (Å²) in [6.07, 6.45) is 1.99. The van der Waals surface area contributed by atoms with Crippen LogP contribution in [0.15, 0.2) is 41.6 Å². The van der Waals surface area contributed by atoms with E-state index in [1.165, 1.54) is 26.0 Å². The number of Topliss-reactive ketones (excluding diaryl/α,β-unsaturated/α-hetero) is 1. The topological polar surface area (TPSA) is 117 Å². The van der Waals surface area contributed by atoms with Gasteiger partial charge >= 0.3 is 15.6 Å². The number of halogens is 3. The van der Waals surface area contributed by atoms with Crippen molar-refractivity contribution in [2.75, 3.05) is 6.26 Å². The molecule has 0 saturated carbocycles. The van der Waals surface area contributed by atoms with Gasteiger partial charge in [0, 0.05) is 23.8 Å². The standard InChI is InChI=1S/C17H16F3NO7S2/c1-10(2)16(22)11-6-13(8-14(7-11)28-30(25,26)17(18,19)20)27-12-4-5-15(21-9-12)29(3,23)24/h4-10H,1-3H3. The fourth-order valence-corrected chi connectivity index (χ4v) is 3.11. The van der Waals surface area contributed by atoms with Crippen molar-refractivity contribution in [1.29, 1.82) is 0 Å². The Kier molecular flexibility index (Phi) is 6.47. The second-order valence-corrected chi connectivity index (χ2v) is 9.90. The number of pyridine rings is 1. The summed E-state index contributed by atoms with van der Waals surface area (Å²) in [5.74, 6) is -2.07. The van der Waals surface area contributed by atoms with Gasteiger partial charge in [-0.3, -0.25) is 4.79 Å². The van der Waals surface area contributed by atoms with Gasteiger partial charge in [0.15, 0.2) is 20.6 Å². The molecule has 0 saturated heterocycles. The molecule has 0 aliphatic rings. The van der Waals surface area contributed by atoms with Crippen molar-refractivity contribution in [2.24, 2.45) is 5.92 Å². The zero-order chi connectivity index (χ0) is 22.9. The first kappa shape index (κ1) is 23.6. The van der Waals surface area contributed by atoms with E-state index in [9.17, 15) is 34.8 Å². The van der Waals surface area contributed by atoms with Gasteiger partial charge in [-0.1, -0.05) is 13.8 Å². The van der Waals surface area contributed by atoms with E-state index in [4.69, 9.17) is 4.74 Å². The third-order valence-electron chi connectivity index (χ3n) is 3.50. The number of ketones is 1. The van der Waals surface area contributed by atoms with Crippen LogP contribution in [0.1, 0.15) is 24.2 Å². The second kappa shape index (κ2) is 8.22. The average molecular weight is 467 g/mol. The molecule has 0 amide bonds. The van der Waals surface area contributed by atoms with Crippen LogP contribution >= 0.6 is 0 Å². The third kappa shape index (κ3) is 5.69. The molecule has 0 unspecified atom stereocenters. The molecule has 1 heterocycles. The molecule has 0 N–H and O–H groups in total. The Hall–Kier alpha value is -2.67. The summed E-state index contributed by atoms with van der Waals surface area (Å²) in [5, 5.41) is -0.237. The molecular formula is C17H16F3NO7S2. The van der Waals surface area contributed by atoms with E-state index in [0.29, 0.717) is 0 Å². The normalized spacial score (nSPS) is 12.6. The molecule has 2 aromatic rings. The van der Waals surface area contributed by atoms with Gasteiger partial charge < -0.3 is 8.92 Å². The molecule has 2 rings (SSSR count). The minimum atomic E-state index is -5.97. The van der Waals surface area contributed by atoms with Gasteiger partial charge in [0.05, 0.1) is 6.20 Å². The van der Waals surface area contributed by atoms with Crippen LogP contribution in [-0.2, 0) is 20.0 Å². The number of carbonyl (C=O) groups is 1. The van der Waals surface area contributed by atoms with E-state index in [-0.39, 0.29) is 22.1 Å². The molecule has 1 aromatic heterocycles. The fraction of sp³-hybridized carbons (Fsp3) is 0.294. The number of ether oxygens (including phenoxy) is 1. The van der Waals surface area contributed by atoms with Crippen LogP contribution in [0.4, 0.5) is 13.2 Å². The first-order valence-electron chi connectivity index (χ1n) is 8.14. The minimum absolute atomic E-state index is 0.0128. The van der Waals surface area contributed by atoms with Crippen LogP contribution in [0.2, 0.25) is 0 Å². The number of sulfone groups is 1. The number of benzene rings is 1. The number of aromatic nitrogens is 1. The van der Waals surface area contributed by atoms with Gasteiger partial charge in [-0.25, -0.2) is 13.4 Å². The molecule has 0 spiro atoms. The van der Waals surface area contributed by atoms with Crippen molar-refractivity contribution in [2.45, 2.75) is 24.4 Å². The average Bonchev–Trinajstić information content (AvgIpc) is 2.59. The highest BCUT2D eigenvalue weighted by Crippen LogP contribution is 2.32. The molecule has 1 aromatic carbocycles. The minimum Gasteiger partial charge on any atom is -0.456 e. The Balaban J connectivity index is 2.46. The van der Waals surface area contributed by atoms with Crippen LogP contribution in [0.5, 0.6) is 17.2 Å². The van der Waals surface area contributed by atoms with Crippen molar-refractivity contribution in [3.63, 3.8) is 0 Å². The maximum atomic E-state index is 12.6. The van der Waals surface area contributed by atoms with E-state index < -0.39 is 42.9 Å². The predicted molar refractivity (Wildman–Crippen MR) is 98.6 cm³/mol. The summed E-state index contributed by atoms with van der Waals surface area (Å²) in [7, 11) is -9.54. The third-order valence-corrected chi connectivity index (χ3v) is 5.48. The lowest BCUT2D eigenvalue weighted by molar-refractivity contribution is -0.0500. The van der Waals surface area contributed by atoms with E-state index >= 15 is 0 Å². The summed E-state index contributed by atoms with van der Waals surface area (Å²) in [6, 6.07) is 5.24. The lowest BCUT2D eigenvalue weighted by Gasteiger charge is -2.13. The van der Waals surface area contributed by atoms with Crippen LogP contribution in [0, 0.1) is 5.92 Å². The fourth-order valence-electron chi connectivity index (χ4n) is 2.11. The van der Waals surface area contributed by atoms with Crippen molar-refractivity contribution in [3.05, 3.63) is 42.1 Å². The Bertz CT molecular complexity index is 1160. The zero-order valence-electron chi connectivity index (χ0n) is 15.8. The number of alkyl halides is 3. The second-order valence-electron chi connectivity index (χ2n) is 6.40. The van der Waals surface area contributed by atoms with Crippen LogP contribution in [-0.4, -0.2) is 39.4 Å². The first-order chi connectivity index (χ1) is 13.6. The van der Waals surface area contributed by atoms with Gasteiger partial charge in [0.25, 0.3) is 0 Å². The molecular weight excluding hydrogens is 451 g/mol. The lowest BCUT2D eigenvalue weighted by atomic mass is 10.0. The maximum absolute atomic E-state index is 12.6. The van der Waals surface area contributed by atoms with Crippen molar-refractivity contribution >= 4 is 25.7 Å². The number of rotatable bonds is 7. The Morgan fingerprint density at radius 2 is 1.60 bits per heavy atom. The van der Waals surface area contributed by atoms with Crippen molar-refractivity contribution in [3.8, 4) is 17.2 Å². The Morgan fingerprint density at radius 3 is 2.07 bits per heavy atom. The molecule has 0 aliphatic carbocycles. The van der Waals surface area contributed by atoms with E-state index in [1.54, 1.807) is 0 Å². The molecule has 0 atom stereocenters. The Labute approximate surface area is 170 Å². The quantitative estimate of drug-likeness (QED) is 0.346. The zero-order valence-corrected chi connectivity index (χ0v) is 17.4. The van der Waals surface area contributed by atoms with Gasteiger partial charge in [-0.15, -0.1) is 0 Å². The van der Waals surface area contributed by atoms with Gasteiger partial charge in [-0.2, -0.15) is 21.6 Å².